The van der Waals surface area contributed by atoms with E-state index in [0.29, 0.717) is 36.2 Å². The Hall–Kier alpha value is -2.81. The Kier molecular flexibility index (Phi) is 5.47. The van der Waals surface area contributed by atoms with Gasteiger partial charge in [-0.3, -0.25) is 0 Å². The first-order chi connectivity index (χ1) is 15.8. The molecule has 0 radical (unpaired) electrons. The van der Waals surface area contributed by atoms with Crippen molar-refractivity contribution in [3.8, 4) is 0 Å². The molecule has 1 aliphatic rings. The van der Waals surface area contributed by atoms with Crippen LogP contribution in [0, 0.1) is 6.92 Å². The van der Waals surface area contributed by atoms with Crippen LogP contribution in [0.3, 0.4) is 0 Å². The number of aromatic nitrogens is 3. The van der Waals surface area contributed by atoms with Gasteiger partial charge < -0.3 is 9.67 Å². The molecule has 0 bridgehead atoms. The van der Waals surface area contributed by atoms with Crippen molar-refractivity contribution in [2.45, 2.75) is 46.7 Å². The van der Waals surface area contributed by atoms with Gasteiger partial charge in [0.1, 0.15) is 5.60 Å². The molecule has 33 heavy (non-hydrogen) atoms. The second-order valence-electron chi connectivity index (χ2n) is 8.40. The Morgan fingerprint density at radius 1 is 1.06 bits per heavy atom. The molecule has 6 nitrogen and oxygen atoms in total. The highest BCUT2D eigenvalue weighted by Gasteiger charge is 2.41. The number of aryl methyl sites for hydroxylation is 1. The summed E-state index contributed by atoms with van der Waals surface area (Å²) in [5.41, 5.74) is 1.61. The summed E-state index contributed by atoms with van der Waals surface area (Å²) in [6.07, 6.45) is 5.02. The zero-order chi connectivity index (χ0) is 23.2. The highest BCUT2D eigenvalue weighted by molar-refractivity contribution is 7.99. The van der Waals surface area contributed by atoms with Crippen LogP contribution in [-0.2, 0) is 29.1 Å². The molecule has 170 valence electrons. The average molecular weight is 480 g/mol. The Labute approximate surface area is 198 Å². The predicted octanol–water partition coefficient (Wildman–Crippen LogP) is 4.49. The summed E-state index contributed by atoms with van der Waals surface area (Å²) in [7, 11) is -1.86. The zero-order valence-electron chi connectivity index (χ0n) is 18.5. The van der Waals surface area contributed by atoms with Crippen LogP contribution in [0.1, 0.15) is 35.4 Å². The smallest absolute Gasteiger partial charge is 0.267 e. The van der Waals surface area contributed by atoms with Crippen LogP contribution < -0.4 is 0 Å². The standard InChI is InChI=1S/C25H25N3O3S2/c1-18-10-12-20(13-11-18)33(30,31)28-16-14-21-22(28)9-6-15-25(21,29)23-17-26-24(27(23)2)32-19-7-4-3-5-8-19/h3-5,7-8,10-14,16-17,29H,6,9,15H2,1-2H3. The van der Waals surface area contributed by atoms with Crippen molar-refractivity contribution < 1.29 is 13.5 Å². The molecule has 0 saturated carbocycles. The van der Waals surface area contributed by atoms with Crippen LogP contribution in [0.2, 0.25) is 0 Å². The van der Waals surface area contributed by atoms with Crippen molar-refractivity contribution in [3.63, 3.8) is 0 Å². The first-order valence-electron chi connectivity index (χ1n) is 10.8. The van der Waals surface area contributed by atoms with Crippen molar-refractivity contribution in [3.05, 3.63) is 95.6 Å². The number of nitrogens with zero attached hydrogens (tertiary/aromatic N) is 3. The van der Waals surface area contributed by atoms with Gasteiger partial charge in [0, 0.05) is 29.4 Å². The first-order valence-corrected chi connectivity index (χ1v) is 13.1. The number of aliphatic hydroxyl groups is 1. The fourth-order valence-corrected chi connectivity index (χ4v) is 6.75. The Balaban J connectivity index is 1.54. The summed E-state index contributed by atoms with van der Waals surface area (Å²) in [4.78, 5) is 5.85. The van der Waals surface area contributed by atoms with Crippen molar-refractivity contribution in [1.29, 1.82) is 0 Å². The van der Waals surface area contributed by atoms with Gasteiger partial charge in [0.2, 0.25) is 0 Å². The molecule has 5 rings (SSSR count). The largest absolute Gasteiger partial charge is 0.379 e. The van der Waals surface area contributed by atoms with Crippen LogP contribution >= 0.6 is 11.8 Å². The molecule has 1 aliphatic carbocycles. The normalized spacial score (nSPS) is 18.3. The van der Waals surface area contributed by atoms with Crippen LogP contribution in [-0.4, -0.2) is 27.0 Å². The number of hydrogen-bond acceptors (Lipinski definition) is 5. The zero-order valence-corrected chi connectivity index (χ0v) is 20.1. The fraction of sp³-hybridized carbons (Fsp3) is 0.240. The van der Waals surface area contributed by atoms with Gasteiger partial charge in [0.15, 0.2) is 5.16 Å². The molecular formula is C25H25N3O3S2. The van der Waals surface area contributed by atoms with Gasteiger partial charge in [-0.25, -0.2) is 17.4 Å². The Bertz CT molecular complexity index is 1410. The third-order valence-corrected chi connectivity index (χ3v) is 9.05. The van der Waals surface area contributed by atoms with Gasteiger partial charge in [-0.05, 0) is 56.5 Å². The molecule has 8 heteroatoms. The van der Waals surface area contributed by atoms with Crippen LogP contribution in [0.5, 0.6) is 0 Å². The summed E-state index contributed by atoms with van der Waals surface area (Å²) in [5, 5.41) is 12.6. The summed E-state index contributed by atoms with van der Waals surface area (Å²) < 4.78 is 29.9. The van der Waals surface area contributed by atoms with Gasteiger partial charge in [0.05, 0.1) is 16.8 Å². The average Bonchev–Trinajstić information content (AvgIpc) is 3.41. The molecular weight excluding hydrogens is 454 g/mol. The lowest BCUT2D eigenvalue weighted by Gasteiger charge is -2.33. The van der Waals surface area contributed by atoms with E-state index < -0.39 is 15.6 Å². The van der Waals surface area contributed by atoms with E-state index in [4.69, 9.17) is 0 Å². The van der Waals surface area contributed by atoms with Crippen LogP contribution in [0.25, 0.3) is 0 Å². The van der Waals surface area contributed by atoms with E-state index in [9.17, 15) is 13.5 Å². The predicted molar refractivity (Wildman–Crippen MR) is 128 cm³/mol. The van der Waals surface area contributed by atoms with E-state index in [-0.39, 0.29) is 4.90 Å². The molecule has 0 aliphatic heterocycles. The lowest BCUT2D eigenvalue weighted by Crippen LogP contribution is -2.34. The van der Waals surface area contributed by atoms with Crippen LogP contribution in [0.15, 0.2) is 88.0 Å². The number of rotatable bonds is 5. The maximum absolute atomic E-state index is 13.4. The van der Waals surface area contributed by atoms with E-state index in [1.54, 1.807) is 42.7 Å². The van der Waals surface area contributed by atoms with E-state index in [1.807, 2.05) is 48.9 Å². The summed E-state index contributed by atoms with van der Waals surface area (Å²) in [6, 6.07) is 18.5. The lowest BCUT2D eigenvalue weighted by molar-refractivity contribution is 0.0535. The summed E-state index contributed by atoms with van der Waals surface area (Å²) in [5.74, 6) is 0. The molecule has 0 amide bonds. The number of benzene rings is 2. The molecule has 2 aromatic carbocycles. The van der Waals surface area contributed by atoms with E-state index in [0.717, 1.165) is 15.6 Å². The molecule has 1 atom stereocenters. The maximum atomic E-state index is 13.4. The van der Waals surface area contributed by atoms with Gasteiger partial charge in [0.25, 0.3) is 10.0 Å². The molecule has 1 N–H and O–H groups in total. The second kappa shape index (κ2) is 8.20. The monoisotopic (exact) mass is 479 g/mol. The molecule has 0 saturated heterocycles. The van der Waals surface area contributed by atoms with Gasteiger partial charge in [-0.2, -0.15) is 0 Å². The Morgan fingerprint density at radius 3 is 2.52 bits per heavy atom. The third kappa shape index (κ3) is 3.72. The molecule has 2 heterocycles. The maximum Gasteiger partial charge on any atom is 0.267 e. The lowest BCUT2D eigenvalue weighted by atomic mass is 9.80. The van der Waals surface area contributed by atoms with Crippen molar-refractivity contribution >= 4 is 21.8 Å². The van der Waals surface area contributed by atoms with Crippen LogP contribution in [0.4, 0.5) is 0 Å². The minimum absolute atomic E-state index is 0.239. The number of imidazole rings is 1. The fourth-order valence-electron chi connectivity index (χ4n) is 4.50. The van der Waals surface area contributed by atoms with Crippen molar-refractivity contribution in [2.24, 2.45) is 7.05 Å². The molecule has 2 aromatic heterocycles. The SMILES string of the molecule is Cc1ccc(S(=O)(=O)n2ccc3c2CCCC3(O)c2cnc(Sc3ccccc3)n2C)cc1. The highest BCUT2D eigenvalue weighted by atomic mass is 32.2. The minimum Gasteiger partial charge on any atom is -0.379 e. The quantitative estimate of drug-likeness (QED) is 0.456. The number of hydrogen-bond donors (Lipinski definition) is 1. The Morgan fingerprint density at radius 2 is 1.79 bits per heavy atom. The van der Waals surface area contributed by atoms with E-state index >= 15 is 0 Å². The molecule has 4 aromatic rings. The van der Waals surface area contributed by atoms with E-state index in [2.05, 4.69) is 4.98 Å². The first kappa shape index (κ1) is 22.0. The second-order valence-corrected chi connectivity index (χ2v) is 11.3. The molecule has 1 unspecified atom stereocenters. The summed E-state index contributed by atoms with van der Waals surface area (Å²) >= 11 is 1.53. The molecule has 0 spiro atoms. The van der Waals surface area contributed by atoms with Crippen molar-refractivity contribution in [1.82, 2.24) is 13.5 Å². The molecule has 0 fully saturated rings. The van der Waals surface area contributed by atoms with E-state index in [1.165, 1.54) is 15.7 Å². The minimum atomic E-state index is -3.75. The number of fused-ring (bicyclic) bond motifs is 1. The summed E-state index contributed by atoms with van der Waals surface area (Å²) in [6.45, 7) is 1.92. The third-order valence-electron chi connectivity index (χ3n) is 6.25. The van der Waals surface area contributed by atoms with Gasteiger partial charge in [-0.15, -0.1) is 0 Å². The topological polar surface area (TPSA) is 77.1 Å². The highest BCUT2D eigenvalue weighted by Crippen LogP contribution is 2.43. The van der Waals surface area contributed by atoms with Crippen molar-refractivity contribution in [2.75, 3.05) is 0 Å². The van der Waals surface area contributed by atoms with Gasteiger partial charge in [-0.1, -0.05) is 47.7 Å². The van der Waals surface area contributed by atoms with Gasteiger partial charge >= 0.3 is 0 Å².